The highest BCUT2D eigenvalue weighted by Crippen LogP contribution is 2.26. The number of nitrogens with one attached hydrogen (secondary N) is 2. The van der Waals surface area contributed by atoms with Crippen molar-refractivity contribution in [2.45, 2.75) is 6.92 Å². The molecule has 3 aromatic heterocycles. The Bertz CT molecular complexity index is 1700. The van der Waals surface area contributed by atoms with Crippen molar-refractivity contribution in [3.8, 4) is 22.5 Å². The first-order valence-corrected chi connectivity index (χ1v) is 10.8. The molecule has 8 nitrogen and oxygen atoms in total. The largest absolute Gasteiger partial charge is 0.345 e. The van der Waals surface area contributed by atoms with E-state index >= 15 is 0 Å². The first-order valence-electron chi connectivity index (χ1n) is 10.8. The van der Waals surface area contributed by atoms with Crippen molar-refractivity contribution in [1.82, 2.24) is 29.5 Å². The van der Waals surface area contributed by atoms with Gasteiger partial charge in [0.15, 0.2) is 5.65 Å². The molecule has 0 radical (unpaired) electrons. The first kappa shape index (κ1) is 19.8. The second-order valence-electron chi connectivity index (χ2n) is 8.03. The molecule has 0 spiro atoms. The average molecular weight is 445 g/mol. The molecule has 2 N–H and O–H groups in total. The van der Waals surface area contributed by atoms with Crippen LogP contribution in [0.15, 0.2) is 90.0 Å². The number of aromatic amines is 1. The van der Waals surface area contributed by atoms with Crippen LogP contribution >= 0.6 is 0 Å². The van der Waals surface area contributed by atoms with Crippen molar-refractivity contribution in [1.29, 1.82) is 0 Å². The highest BCUT2D eigenvalue weighted by molar-refractivity contribution is 5.92. The molecule has 0 saturated carbocycles. The van der Waals surface area contributed by atoms with Crippen LogP contribution in [0.3, 0.4) is 0 Å². The molecule has 0 atom stereocenters. The maximum atomic E-state index is 12.2. The molecule has 0 saturated heterocycles. The highest BCUT2D eigenvalue weighted by atomic mass is 16.1. The third-order valence-corrected chi connectivity index (χ3v) is 5.69. The summed E-state index contributed by atoms with van der Waals surface area (Å²) in [7, 11) is 0. The molecule has 6 aromatic rings. The Morgan fingerprint density at radius 1 is 0.882 bits per heavy atom. The van der Waals surface area contributed by atoms with Crippen LogP contribution < -0.4 is 11.0 Å². The molecular formula is C26H19N7O. The average Bonchev–Trinajstić information content (AvgIpc) is 3.36. The Hall–Kier alpha value is -4.85. The molecule has 0 aliphatic rings. The number of para-hydroxylation sites is 1. The van der Waals surface area contributed by atoms with E-state index in [-0.39, 0.29) is 5.69 Å². The number of aromatic nitrogens is 6. The van der Waals surface area contributed by atoms with Crippen LogP contribution in [0.25, 0.3) is 39.1 Å². The van der Waals surface area contributed by atoms with Gasteiger partial charge in [-0.1, -0.05) is 54.1 Å². The topological polar surface area (TPSA) is 101 Å². The Balaban J connectivity index is 1.33. The lowest BCUT2D eigenvalue weighted by molar-refractivity contribution is 1.08. The molecule has 34 heavy (non-hydrogen) atoms. The maximum absolute atomic E-state index is 12.2. The van der Waals surface area contributed by atoms with Gasteiger partial charge in [-0.05, 0) is 42.8 Å². The molecule has 3 aromatic carbocycles. The fraction of sp³-hybridized carbons (Fsp3) is 0.0385. The third-order valence-electron chi connectivity index (χ3n) is 5.69. The fourth-order valence-electron chi connectivity index (χ4n) is 3.94. The minimum atomic E-state index is -0.384. The van der Waals surface area contributed by atoms with Crippen LogP contribution in [0.1, 0.15) is 5.56 Å². The summed E-state index contributed by atoms with van der Waals surface area (Å²) in [5.41, 5.74) is 6.29. The smallest absolute Gasteiger partial charge is 0.325 e. The lowest BCUT2D eigenvalue weighted by Gasteiger charge is -2.10. The van der Waals surface area contributed by atoms with E-state index in [0.717, 1.165) is 44.6 Å². The molecule has 164 valence electrons. The number of benzene rings is 3. The number of aryl methyl sites for hydroxylation is 1. The second kappa shape index (κ2) is 7.93. The molecule has 0 aliphatic heterocycles. The van der Waals surface area contributed by atoms with Crippen molar-refractivity contribution >= 4 is 28.2 Å². The highest BCUT2D eigenvalue weighted by Gasteiger charge is 2.11. The van der Waals surface area contributed by atoms with Crippen LogP contribution in [-0.4, -0.2) is 29.5 Å². The second-order valence-corrected chi connectivity index (χ2v) is 8.03. The number of rotatable bonds is 4. The van der Waals surface area contributed by atoms with Crippen LogP contribution in [-0.2, 0) is 0 Å². The lowest BCUT2D eigenvalue weighted by atomic mass is 10.1. The zero-order valence-corrected chi connectivity index (χ0v) is 18.2. The van der Waals surface area contributed by atoms with Crippen LogP contribution in [0.5, 0.6) is 0 Å². The van der Waals surface area contributed by atoms with E-state index in [1.165, 1.54) is 0 Å². The molecule has 0 aliphatic carbocycles. The van der Waals surface area contributed by atoms with E-state index in [1.807, 2.05) is 90.2 Å². The Labute approximate surface area is 194 Å². The Kier molecular flexibility index (Phi) is 4.62. The van der Waals surface area contributed by atoms with Crippen LogP contribution in [0, 0.1) is 6.92 Å². The van der Waals surface area contributed by atoms with Crippen LogP contribution in [0.4, 0.5) is 11.6 Å². The van der Waals surface area contributed by atoms with Crippen molar-refractivity contribution in [3.05, 3.63) is 101 Å². The molecule has 0 fully saturated rings. The van der Waals surface area contributed by atoms with Gasteiger partial charge in [0.2, 0.25) is 5.95 Å². The van der Waals surface area contributed by atoms with Gasteiger partial charge in [0.05, 0.1) is 16.9 Å². The number of anilines is 2. The molecule has 0 bridgehead atoms. The van der Waals surface area contributed by atoms with E-state index < -0.39 is 0 Å². The van der Waals surface area contributed by atoms with Gasteiger partial charge in [-0.25, -0.2) is 9.78 Å². The first-order chi connectivity index (χ1) is 16.6. The zero-order valence-electron chi connectivity index (χ0n) is 18.2. The Morgan fingerprint density at radius 3 is 2.47 bits per heavy atom. The predicted molar refractivity (Wildman–Crippen MR) is 132 cm³/mol. The normalized spacial score (nSPS) is 11.2. The number of H-pyrrole nitrogens is 1. The number of fused-ring (bicyclic) bond motifs is 3. The fourth-order valence-corrected chi connectivity index (χ4v) is 3.94. The van der Waals surface area contributed by atoms with Gasteiger partial charge in [0.1, 0.15) is 6.33 Å². The minimum absolute atomic E-state index is 0.384. The van der Waals surface area contributed by atoms with Gasteiger partial charge >= 0.3 is 5.69 Å². The van der Waals surface area contributed by atoms with Gasteiger partial charge in [-0.15, -0.1) is 10.2 Å². The quantitative estimate of drug-likeness (QED) is 0.406. The number of nitrogens with zero attached hydrogens (tertiary/aromatic N) is 5. The predicted octanol–water partition coefficient (Wildman–Crippen LogP) is 4.75. The summed E-state index contributed by atoms with van der Waals surface area (Å²) in [4.78, 5) is 24.0. The zero-order chi connectivity index (χ0) is 23.1. The molecular weight excluding hydrogens is 426 g/mol. The van der Waals surface area contributed by atoms with Gasteiger partial charge in [-0.3, -0.25) is 4.40 Å². The van der Waals surface area contributed by atoms with Gasteiger partial charge in [0.25, 0.3) is 0 Å². The van der Waals surface area contributed by atoms with E-state index in [0.29, 0.717) is 11.6 Å². The molecule has 0 unspecified atom stereocenters. The summed E-state index contributed by atoms with van der Waals surface area (Å²) in [5.74, 6) is 0.613. The summed E-state index contributed by atoms with van der Waals surface area (Å²) in [6, 6.07) is 25.4. The minimum Gasteiger partial charge on any atom is -0.325 e. The summed E-state index contributed by atoms with van der Waals surface area (Å²) < 4.78 is 1.82. The van der Waals surface area contributed by atoms with E-state index in [9.17, 15) is 4.79 Å². The molecule has 6 rings (SSSR count). The summed E-state index contributed by atoms with van der Waals surface area (Å²) in [6.45, 7) is 2.03. The van der Waals surface area contributed by atoms with Crippen molar-refractivity contribution < 1.29 is 0 Å². The van der Waals surface area contributed by atoms with Crippen molar-refractivity contribution in [2.75, 3.05) is 5.32 Å². The summed E-state index contributed by atoms with van der Waals surface area (Å²) in [5, 5.41) is 12.6. The van der Waals surface area contributed by atoms with Gasteiger partial charge in [0, 0.05) is 16.6 Å². The summed E-state index contributed by atoms with van der Waals surface area (Å²) >= 11 is 0. The standard InChI is InChI=1S/C26H19N7O/c1-16-6-8-17(9-7-16)22-14-23(31-26(34)30-22)18-10-12-19(13-11-18)28-25-29-21-5-3-2-4-20(21)24-32-27-15-33(24)25/h2-15H,1H3,(H,28,29)(H,30,31,34). The third kappa shape index (κ3) is 3.57. The maximum Gasteiger partial charge on any atom is 0.345 e. The van der Waals surface area contributed by atoms with Crippen molar-refractivity contribution in [2.24, 2.45) is 0 Å². The van der Waals surface area contributed by atoms with Gasteiger partial charge in [-0.2, -0.15) is 4.98 Å². The number of hydrogen-bond donors (Lipinski definition) is 2. The van der Waals surface area contributed by atoms with Crippen molar-refractivity contribution in [3.63, 3.8) is 0 Å². The summed E-state index contributed by atoms with van der Waals surface area (Å²) in [6.07, 6.45) is 1.64. The van der Waals surface area contributed by atoms with Gasteiger partial charge < -0.3 is 10.3 Å². The van der Waals surface area contributed by atoms with E-state index in [2.05, 4.69) is 25.5 Å². The monoisotopic (exact) mass is 445 g/mol. The number of hydrogen-bond acceptors (Lipinski definition) is 6. The molecule has 0 amide bonds. The molecule has 8 heteroatoms. The van der Waals surface area contributed by atoms with Crippen LogP contribution in [0.2, 0.25) is 0 Å². The lowest BCUT2D eigenvalue weighted by Crippen LogP contribution is -2.12. The van der Waals surface area contributed by atoms with E-state index in [1.54, 1.807) is 6.33 Å². The SMILES string of the molecule is Cc1ccc(-c2cc(-c3ccc(Nc4nc5ccccc5c5nncn45)cc3)nc(=O)[nH]2)cc1. The Morgan fingerprint density at radius 2 is 1.65 bits per heavy atom. The van der Waals surface area contributed by atoms with E-state index in [4.69, 9.17) is 4.98 Å². The molecule has 3 heterocycles.